The average molecular weight is 143 g/mol. The largest absolute Gasteiger partial charge is 0.309 e. The molecule has 0 atom stereocenters. The van der Waals surface area contributed by atoms with E-state index in [1.165, 1.54) is 0 Å². The summed E-state index contributed by atoms with van der Waals surface area (Å²) in [7, 11) is 0. The van der Waals surface area contributed by atoms with Gasteiger partial charge in [-0.25, -0.2) is 0 Å². The van der Waals surface area contributed by atoms with Crippen LogP contribution in [0.4, 0.5) is 0 Å². The lowest BCUT2D eigenvalue weighted by atomic mass is 9.90. The Hall–Kier alpha value is -0.0400. The summed E-state index contributed by atoms with van der Waals surface area (Å²) >= 11 is 0. The monoisotopic (exact) mass is 143 g/mol. The summed E-state index contributed by atoms with van der Waals surface area (Å²) in [5.74, 6) is 0.690. The predicted octanol–water partition coefficient (Wildman–Crippen LogP) is 2.42. The zero-order chi connectivity index (χ0) is 8.36. The van der Waals surface area contributed by atoms with Crippen molar-refractivity contribution in [3.8, 4) is 0 Å². The van der Waals surface area contributed by atoms with Crippen molar-refractivity contribution in [2.24, 2.45) is 5.92 Å². The lowest BCUT2D eigenvalue weighted by Crippen LogP contribution is -2.47. The van der Waals surface area contributed by atoms with Crippen molar-refractivity contribution in [2.75, 3.05) is 0 Å². The minimum atomic E-state index is 0.272. The van der Waals surface area contributed by atoms with Crippen LogP contribution in [0.5, 0.6) is 0 Å². The zero-order valence-corrected chi connectivity index (χ0v) is 8.15. The summed E-state index contributed by atoms with van der Waals surface area (Å²) in [5.41, 5.74) is 0.272. The van der Waals surface area contributed by atoms with Crippen LogP contribution in [-0.2, 0) is 0 Å². The maximum Gasteiger partial charge on any atom is 0.0150 e. The molecule has 0 aromatic carbocycles. The quantitative estimate of drug-likeness (QED) is 0.639. The molecule has 0 heterocycles. The van der Waals surface area contributed by atoms with Gasteiger partial charge < -0.3 is 5.32 Å². The van der Waals surface area contributed by atoms with E-state index < -0.39 is 0 Å². The number of nitrogens with one attached hydrogen (secondary N) is 1. The number of hydrogen-bond acceptors (Lipinski definition) is 1. The Morgan fingerprint density at radius 1 is 1.00 bits per heavy atom. The second kappa shape index (κ2) is 3.38. The molecular formula is C9H21N. The standard InChI is InChI=1S/C9H21N/c1-7(2)9(5,6)10-8(3)4/h7-8,10H,1-6H3. The summed E-state index contributed by atoms with van der Waals surface area (Å²) in [6.07, 6.45) is 0. The van der Waals surface area contributed by atoms with Gasteiger partial charge in [-0.15, -0.1) is 0 Å². The predicted molar refractivity (Wildman–Crippen MR) is 47.2 cm³/mol. The SMILES string of the molecule is CC(C)NC(C)(C)C(C)C. The summed E-state index contributed by atoms with van der Waals surface area (Å²) in [6.45, 7) is 13.4. The topological polar surface area (TPSA) is 12.0 Å². The molecule has 0 rings (SSSR count). The number of hydrogen-bond donors (Lipinski definition) is 1. The first-order chi connectivity index (χ1) is 4.36. The molecule has 1 N–H and O–H groups in total. The summed E-state index contributed by atoms with van der Waals surface area (Å²) in [6, 6.07) is 0.581. The van der Waals surface area contributed by atoms with E-state index in [1.54, 1.807) is 0 Å². The van der Waals surface area contributed by atoms with E-state index in [-0.39, 0.29) is 5.54 Å². The van der Waals surface area contributed by atoms with Crippen LogP contribution in [0.3, 0.4) is 0 Å². The first-order valence-corrected chi connectivity index (χ1v) is 4.14. The van der Waals surface area contributed by atoms with Crippen LogP contribution in [0.2, 0.25) is 0 Å². The molecule has 0 fully saturated rings. The fourth-order valence-corrected chi connectivity index (χ4v) is 0.911. The van der Waals surface area contributed by atoms with Gasteiger partial charge in [-0.1, -0.05) is 27.7 Å². The Balaban J connectivity index is 3.87. The Morgan fingerprint density at radius 2 is 1.40 bits per heavy atom. The van der Waals surface area contributed by atoms with Gasteiger partial charge in [0.05, 0.1) is 0 Å². The molecule has 0 radical (unpaired) electrons. The fourth-order valence-electron chi connectivity index (χ4n) is 0.911. The average Bonchev–Trinajstić information content (AvgIpc) is 1.60. The van der Waals surface area contributed by atoms with Crippen molar-refractivity contribution < 1.29 is 0 Å². The highest BCUT2D eigenvalue weighted by atomic mass is 15.0. The van der Waals surface area contributed by atoms with Crippen LogP contribution >= 0.6 is 0 Å². The van der Waals surface area contributed by atoms with Crippen LogP contribution in [0, 0.1) is 5.92 Å². The molecule has 0 unspecified atom stereocenters. The molecule has 0 saturated heterocycles. The third-order valence-corrected chi connectivity index (χ3v) is 2.10. The first-order valence-electron chi connectivity index (χ1n) is 4.14. The highest BCUT2D eigenvalue weighted by Crippen LogP contribution is 2.15. The smallest absolute Gasteiger partial charge is 0.0150 e. The number of rotatable bonds is 3. The molecule has 0 aromatic heterocycles. The highest BCUT2D eigenvalue weighted by molar-refractivity contribution is 4.82. The van der Waals surface area contributed by atoms with E-state index in [2.05, 4.69) is 46.9 Å². The van der Waals surface area contributed by atoms with Crippen LogP contribution in [-0.4, -0.2) is 11.6 Å². The van der Waals surface area contributed by atoms with E-state index >= 15 is 0 Å². The Labute approximate surface area is 65.2 Å². The molecule has 0 aliphatic carbocycles. The fraction of sp³-hybridized carbons (Fsp3) is 1.00. The van der Waals surface area contributed by atoms with Crippen LogP contribution in [0.15, 0.2) is 0 Å². The minimum absolute atomic E-state index is 0.272. The van der Waals surface area contributed by atoms with Crippen molar-refractivity contribution >= 4 is 0 Å². The summed E-state index contributed by atoms with van der Waals surface area (Å²) in [4.78, 5) is 0. The molecule has 1 nitrogen and oxygen atoms in total. The Kier molecular flexibility index (Phi) is 3.37. The lowest BCUT2D eigenvalue weighted by molar-refractivity contribution is 0.267. The summed E-state index contributed by atoms with van der Waals surface area (Å²) in [5, 5.41) is 3.52. The van der Waals surface area contributed by atoms with E-state index in [0.29, 0.717) is 12.0 Å². The van der Waals surface area contributed by atoms with Gasteiger partial charge in [0.1, 0.15) is 0 Å². The second-order valence-electron chi connectivity index (χ2n) is 4.18. The van der Waals surface area contributed by atoms with Gasteiger partial charge in [0.25, 0.3) is 0 Å². The van der Waals surface area contributed by atoms with Crippen molar-refractivity contribution in [3.05, 3.63) is 0 Å². The molecule has 0 aromatic rings. The molecular weight excluding hydrogens is 122 g/mol. The van der Waals surface area contributed by atoms with Gasteiger partial charge in [-0.2, -0.15) is 0 Å². The van der Waals surface area contributed by atoms with Gasteiger partial charge >= 0.3 is 0 Å². The van der Waals surface area contributed by atoms with Gasteiger partial charge in [-0.05, 0) is 19.8 Å². The zero-order valence-electron chi connectivity index (χ0n) is 8.15. The van der Waals surface area contributed by atoms with Crippen molar-refractivity contribution in [1.82, 2.24) is 5.32 Å². The molecule has 0 amide bonds. The Morgan fingerprint density at radius 3 is 1.50 bits per heavy atom. The van der Waals surface area contributed by atoms with Crippen LogP contribution in [0.1, 0.15) is 41.5 Å². The van der Waals surface area contributed by atoms with Crippen LogP contribution in [0.25, 0.3) is 0 Å². The lowest BCUT2D eigenvalue weighted by Gasteiger charge is -2.32. The van der Waals surface area contributed by atoms with Crippen molar-refractivity contribution in [2.45, 2.75) is 53.1 Å². The molecule has 0 bridgehead atoms. The van der Waals surface area contributed by atoms with E-state index in [1.807, 2.05) is 0 Å². The highest BCUT2D eigenvalue weighted by Gasteiger charge is 2.21. The molecule has 0 saturated carbocycles. The maximum absolute atomic E-state index is 3.52. The van der Waals surface area contributed by atoms with E-state index in [4.69, 9.17) is 0 Å². The second-order valence-corrected chi connectivity index (χ2v) is 4.18. The van der Waals surface area contributed by atoms with Crippen molar-refractivity contribution in [3.63, 3.8) is 0 Å². The van der Waals surface area contributed by atoms with Gasteiger partial charge in [0.2, 0.25) is 0 Å². The van der Waals surface area contributed by atoms with Gasteiger partial charge in [0, 0.05) is 11.6 Å². The molecule has 62 valence electrons. The van der Waals surface area contributed by atoms with E-state index in [9.17, 15) is 0 Å². The van der Waals surface area contributed by atoms with Gasteiger partial charge in [0.15, 0.2) is 0 Å². The van der Waals surface area contributed by atoms with Gasteiger partial charge in [-0.3, -0.25) is 0 Å². The molecule has 1 heteroatoms. The normalized spacial score (nSPS) is 13.2. The third-order valence-electron chi connectivity index (χ3n) is 2.10. The molecule has 10 heavy (non-hydrogen) atoms. The summed E-state index contributed by atoms with van der Waals surface area (Å²) < 4.78 is 0. The van der Waals surface area contributed by atoms with E-state index in [0.717, 1.165) is 0 Å². The first kappa shape index (κ1) is 9.96. The molecule has 0 spiro atoms. The molecule has 0 aliphatic rings. The third kappa shape index (κ3) is 3.21. The minimum Gasteiger partial charge on any atom is -0.309 e. The molecule has 0 aliphatic heterocycles. The maximum atomic E-state index is 3.52. The van der Waals surface area contributed by atoms with Crippen LogP contribution < -0.4 is 5.32 Å². The Bertz CT molecular complexity index is 92.9. The van der Waals surface area contributed by atoms with Crippen molar-refractivity contribution in [1.29, 1.82) is 0 Å².